The number of ether oxygens (including phenoxy) is 3. The maximum absolute atomic E-state index is 12.5. The van der Waals surface area contributed by atoms with Crippen LogP contribution in [0.3, 0.4) is 0 Å². The number of amides is 1. The van der Waals surface area contributed by atoms with Gasteiger partial charge in [-0.1, -0.05) is 19.3 Å². The van der Waals surface area contributed by atoms with Crippen molar-refractivity contribution < 1.29 is 28.7 Å². The molecule has 10 nitrogen and oxygen atoms in total. The molecule has 1 aliphatic carbocycles. The van der Waals surface area contributed by atoms with E-state index in [-0.39, 0.29) is 17.1 Å². The van der Waals surface area contributed by atoms with E-state index in [1.165, 1.54) is 21.1 Å². The van der Waals surface area contributed by atoms with E-state index in [4.69, 9.17) is 14.2 Å². The molecule has 1 amide bonds. The predicted molar refractivity (Wildman–Crippen MR) is 101 cm³/mol. The van der Waals surface area contributed by atoms with Gasteiger partial charge >= 0.3 is 5.97 Å². The van der Waals surface area contributed by atoms with E-state index in [9.17, 15) is 25.0 Å². The van der Waals surface area contributed by atoms with Crippen molar-refractivity contribution in [3.63, 3.8) is 0 Å². The number of methoxy groups -OCH3 is 2. The summed E-state index contributed by atoms with van der Waals surface area (Å²) in [5.41, 5.74) is -1.90. The van der Waals surface area contributed by atoms with Crippen LogP contribution in [0.1, 0.15) is 49.4 Å². The average molecular weight is 405 g/mol. The molecule has 1 aromatic carbocycles. The Bertz CT molecular complexity index is 841. The number of nitriles is 1. The fraction of sp³-hybridized carbons (Fsp3) is 0.526. The van der Waals surface area contributed by atoms with Crippen LogP contribution in [0.15, 0.2) is 12.1 Å². The minimum Gasteiger partial charge on any atom is -0.493 e. The number of hydrogen-bond donors (Lipinski definition) is 1. The lowest BCUT2D eigenvalue weighted by Crippen LogP contribution is -2.52. The molecule has 1 aromatic rings. The van der Waals surface area contributed by atoms with Crippen LogP contribution in [-0.4, -0.2) is 42.7 Å². The van der Waals surface area contributed by atoms with Crippen molar-refractivity contribution in [3.05, 3.63) is 27.8 Å². The van der Waals surface area contributed by atoms with Crippen molar-refractivity contribution in [1.29, 1.82) is 5.26 Å². The van der Waals surface area contributed by atoms with Gasteiger partial charge in [-0.2, -0.15) is 5.26 Å². The first-order chi connectivity index (χ1) is 13.8. The van der Waals surface area contributed by atoms with Crippen molar-refractivity contribution in [1.82, 2.24) is 5.32 Å². The summed E-state index contributed by atoms with van der Waals surface area (Å²) in [7, 11) is 2.63. The maximum atomic E-state index is 12.5. The molecule has 0 bridgehead atoms. The summed E-state index contributed by atoms with van der Waals surface area (Å²) in [6, 6.07) is 4.32. The Hall–Kier alpha value is -3.35. The molecule has 29 heavy (non-hydrogen) atoms. The zero-order valence-corrected chi connectivity index (χ0v) is 16.5. The quantitative estimate of drug-likeness (QED) is 0.414. The number of esters is 1. The standard InChI is InChI=1S/C19H23N3O7/c1-12(17(23)21-19(11-20)7-5-4-6-8-19)29-18(24)13-9-15(27-2)16(28-3)10-14(13)22(25)26/h9-10,12H,4-8H2,1-3H3,(H,21,23)/t12-/m1/s1. The van der Waals surface area contributed by atoms with Crippen molar-refractivity contribution in [2.24, 2.45) is 0 Å². The minimum atomic E-state index is -1.25. The largest absolute Gasteiger partial charge is 0.493 e. The van der Waals surface area contributed by atoms with E-state index >= 15 is 0 Å². The molecular weight excluding hydrogens is 382 g/mol. The van der Waals surface area contributed by atoms with E-state index in [0.717, 1.165) is 31.4 Å². The lowest BCUT2D eigenvalue weighted by atomic mass is 9.83. The highest BCUT2D eigenvalue weighted by Gasteiger charge is 2.36. The smallest absolute Gasteiger partial charge is 0.346 e. The van der Waals surface area contributed by atoms with Gasteiger partial charge in [0.2, 0.25) is 0 Å². The second-order valence-corrected chi connectivity index (χ2v) is 6.77. The predicted octanol–water partition coefficient (Wildman–Crippen LogP) is 2.50. The summed E-state index contributed by atoms with van der Waals surface area (Å²) in [5.74, 6) is -1.51. The van der Waals surface area contributed by atoms with Crippen LogP contribution in [0.2, 0.25) is 0 Å². The zero-order chi connectivity index (χ0) is 21.6. The SMILES string of the molecule is COc1cc(C(=O)O[C@H](C)C(=O)NC2(C#N)CCCCC2)c([N+](=O)[O-])cc1OC. The van der Waals surface area contributed by atoms with Gasteiger partial charge in [0.1, 0.15) is 11.1 Å². The fourth-order valence-corrected chi connectivity index (χ4v) is 3.22. The zero-order valence-electron chi connectivity index (χ0n) is 16.5. The van der Waals surface area contributed by atoms with E-state index in [0.29, 0.717) is 12.8 Å². The molecule has 1 aliphatic rings. The molecular formula is C19H23N3O7. The van der Waals surface area contributed by atoms with Gasteiger partial charge in [0.15, 0.2) is 17.6 Å². The third kappa shape index (κ3) is 4.93. The van der Waals surface area contributed by atoms with Crippen molar-refractivity contribution in [2.45, 2.75) is 50.7 Å². The van der Waals surface area contributed by atoms with Gasteiger partial charge in [-0.25, -0.2) is 4.79 Å². The monoisotopic (exact) mass is 405 g/mol. The van der Waals surface area contributed by atoms with Crippen LogP contribution < -0.4 is 14.8 Å². The second-order valence-electron chi connectivity index (χ2n) is 6.77. The Kier molecular flexibility index (Phi) is 6.98. The van der Waals surface area contributed by atoms with Crippen LogP contribution in [0, 0.1) is 21.4 Å². The van der Waals surface area contributed by atoms with E-state index < -0.39 is 34.1 Å². The van der Waals surface area contributed by atoms with Crippen LogP contribution >= 0.6 is 0 Å². The normalized spacial score (nSPS) is 16.1. The Morgan fingerprint density at radius 3 is 2.31 bits per heavy atom. The summed E-state index contributed by atoms with van der Waals surface area (Å²) < 4.78 is 15.2. The average Bonchev–Trinajstić information content (AvgIpc) is 2.72. The van der Waals surface area contributed by atoms with Gasteiger partial charge in [0.05, 0.1) is 31.3 Å². The van der Waals surface area contributed by atoms with Gasteiger partial charge < -0.3 is 19.5 Å². The Morgan fingerprint density at radius 1 is 1.21 bits per heavy atom. The number of nitro groups is 1. The molecule has 0 radical (unpaired) electrons. The lowest BCUT2D eigenvalue weighted by molar-refractivity contribution is -0.385. The Morgan fingerprint density at radius 2 is 1.79 bits per heavy atom. The highest BCUT2D eigenvalue weighted by Crippen LogP contribution is 2.35. The maximum Gasteiger partial charge on any atom is 0.346 e. The first kappa shape index (κ1) is 21.9. The van der Waals surface area contributed by atoms with Crippen molar-refractivity contribution in [2.75, 3.05) is 14.2 Å². The van der Waals surface area contributed by atoms with Crippen molar-refractivity contribution in [3.8, 4) is 17.6 Å². The van der Waals surface area contributed by atoms with Crippen LogP contribution in [-0.2, 0) is 9.53 Å². The third-order valence-electron chi connectivity index (χ3n) is 4.86. The minimum absolute atomic E-state index is 0.0785. The number of nitro benzene ring substituents is 1. The third-order valence-corrected chi connectivity index (χ3v) is 4.86. The molecule has 10 heteroatoms. The number of nitrogens with zero attached hydrogens (tertiary/aromatic N) is 2. The molecule has 156 valence electrons. The van der Waals surface area contributed by atoms with Crippen LogP contribution in [0.4, 0.5) is 5.69 Å². The molecule has 0 aromatic heterocycles. The van der Waals surface area contributed by atoms with Gasteiger partial charge in [-0.05, 0) is 19.8 Å². The Labute approximate surface area is 167 Å². The van der Waals surface area contributed by atoms with Gasteiger partial charge in [-0.3, -0.25) is 14.9 Å². The van der Waals surface area contributed by atoms with Gasteiger partial charge in [-0.15, -0.1) is 0 Å². The number of hydrogen-bond acceptors (Lipinski definition) is 8. The summed E-state index contributed by atoms with van der Waals surface area (Å²) in [5, 5.41) is 23.5. The molecule has 0 heterocycles. The van der Waals surface area contributed by atoms with E-state index in [1.807, 2.05) is 0 Å². The number of carbonyl (C=O) groups is 2. The summed E-state index contributed by atoms with van der Waals surface area (Å²) >= 11 is 0. The van der Waals surface area contributed by atoms with E-state index in [2.05, 4.69) is 11.4 Å². The molecule has 1 saturated carbocycles. The summed E-state index contributed by atoms with van der Waals surface area (Å²) in [6.07, 6.45) is 2.43. The fourth-order valence-electron chi connectivity index (χ4n) is 3.22. The van der Waals surface area contributed by atoms with Crippen molar-refractivity contribution >= 4 is 17.6 Å². The first-order valence-corrected chi connectivity index (χ1v) is 9.11. The molecule has 0 spiro atoms. The lowest BCUT2D eigenvalue weighted by Gasteiger charge is -2.32. The highest BCUT2D eigenvalue weighted by atomic mass is 16.6. The van der Waals surface area contributed by atoms with Gasteiger partial charge in [0.25, 0.3) is 11.6 Å². The van der Waals surface area contributed by atoms with Crippen LogP contribution in [0.25, 0.3) is 0 Å². The number of carbonyl (C=O) groups excluding carboxylic acids is 2. The molecule has 0 unspecified atom stereocenters. The topological polar surface area (TPSA) is 141 Å². The molecule has 0 saturated heterocycles. The molecule has 1 fully saturated rings. The molecule has 1 N–H and O–H groups in total. The number of rotatable bonds is 7. The van der Waals surface area contributed by atoms with Gasteiger partial charge in [0, 0.05) is 6.07 Å². The summed E-state index contributed by atoms with van der Waals surface area (Å²) in [4.78, 5) is 35.6. The number of nitrogens with one attached hydrogen (secondary N) is 1. The first-order valence-electron chi connectivity index (χ1n) is 9.11. The highest BCUT2D eigenvalue weighted by molar-refractivity contribution is 5.96. The van der Waals surface area contributed by atoms with Crippen LogP contribution in [0.5, 0.6) is 11.5 Å². The van der Waals surface area contributed by atoms with E-state index in [1.54, 1.807) is 0 Å². The Balaban J connectivity index is 2.19. The molecule has 1 atom stereocenters. The summed E-state index contributed by atoms with van der Waals surface area (Å²) in [6.45, 7) is 1.34. The molecule has 0 aliphatic heterocycles. The molecule has 2 rings (SSSR count). The second kappa shape index (κ2) is 9.23. The number of benzene rings is 1.